The molecule has 0 radical (unpaired) electrons. The highest BCUT2D eigenvalue weighted by atomic mass is 16.9. The summed E-state index contributed by atoms with van der Waals surface area (Å²) in [6, 6.07) is 0. The van der Waals surface area contributed by atoms with Crippen LogP contribution in [0.2, 0.25) is 0 Å². The van der Waals surface area contributed by atoms with Crippen LogP contribution in [-0.4, -0.2) is 38.4 Å². The van der Waals surface area contributed by atoms with E-state index in [1.807, 2.05) is 0 Å². The largest absolute Gasteiger partial charge is 0.460 e. The first-order valence-corrected chi connectivity index (χ1v) is 4.26. The molecular weight excluding hydrogens is 188 g/mol. The molecule has 2 atom stereocenters. The number of ether oxygens (including phenoxy) is 4. The van der Waals surface area contributed by atoms with Gasteiger partial charge in [-0.2, -0.15) is 0 Å². The third kappa shape index (κ3) is 2.80. The van der Waals surface area contributed by atoms with Crippen molar-refractivity contribution in [3.05, 3.63) is 12.7 Å². The Kier molecular flexibility index (Phi) is 3.62. The van der Waals surface area contributed by atoms with Crippen molar-refractivity contribution in [2.75, 3.05) is 20.3 Å². The number of esters is 1. The summed E-state index contributed by atoms with van der Waals surface area (Å²) in [5.41, 5.74) is 0. The molecule has 0 amide bonds. The summed E-state index contributed by atoms with van der Waals surface area (Å²) in [5.74, 6) is -1.50. The van der Waals surface area contributed by atoms with E-state index in [0.29, 0.717) is 6.61 Å². The fourth-order valence-corrected chi connectivity index (χ4v) is 1.04. The molecule has 0 spiro atoms. The second-order valence-corrected chi connectivity index (χ2v) is 2.95. The van der Waals surface area contributed by atoms with E-state index < -0.39 is 11.9 Å². The van der Waals surface area contributed by atoms with Crippen LogP contribution in [0.25, 0.3) is 0 Å². The Bertz CT molecular complexity index is 227. The molecule has 1 aliphatic rings. The molecule has 14 heavy (non-hydrogen) atoms. The Morgan fingerprint density at radius 1 is 1.79 bits per heavy atom. The van der Waals surface area contributed by atoms with Crippen molar-refractivity contribution in [1.29, 1.82) is 0 Å². The van der Waals surface area contributed by atoms with Crippen LogP contribution in [0.15, 0.2) is 12.7 Å². The van der Waals surface area contributed by atoms with Gasteiger partial charge in [0.1, 0.15) is 12.7 Å². The van der Waals surface area contributed by atoms with Gasteiger partial charge in [0.15, 0.2) is 0 Å². The second kappa shape index (κ2) is 4.54. The zero-order valence-electron chi connectivity index (χ0n) is 8.32. The summed E-state index contributed by atoms with van der Waals surface area (Å²) < 4.78 is 20.3. The topological polar surface area (TPSA) is 54.0 Å². The van der Waals surface area contributed by atoms with Crippen LogP contribution in [0.4, 0.5) is 0 Å². The van der Waals surface area contributed by atoms with Gasteiger partial charge in [-0.1, -0.05) is 6.58 Å². The van der Waals surface area contributed by atoms with Crippen molar-refractivity contribution in [3.63, 3.8) is 0 Å². The van der Waals surface area contributed by atoms with Crippen molar-refractivity contribution in [2.24, 2.45) is 0 Å². The number of methoxy groups -OCH3 is 1. The van der Waals surface area contributed by atoms with Crippen LogP contribution < -0.4 is 0 Å². The first-order chi connectivity index (χ1) is 6.59. The van der Waals surface area contributed by atoms with Gasteiger partial charge < -0.3 is 18.9 Å². The molecule has 1 fully saturated rings. The van der Waals surface area contributed by atoms with E-state index in [1.54, 1.807) is 6.92 Å². The average molecular weight is 202 g/mol. The summed E-state index contributed by atoms with van der Waals surface area (Å²) in [4.78, 5) is 10.7. The predicted molar refractivity (Wildman–Crippen MR) is 47.4 cm³/mol. The molecule has 1 aliphatic heterocycles. The van der Waals surface area contributed by atoms with E-state index in [4.69, 9.17) is 18.9 Å². The molecule has 5 nitrogen and oxygen atoms in total. The smallest absolute Gasteiger partial charge is 0.330 e. The Morgan fingerprint density at radius 2 is 2.50 bits per heavy atom. The van der Waals surface area contributed by atoms with Gasteiger partial charge in [-0.15, -0.1) is 0 Å². The molecule has 0 bridgehead atoms. The summed E-state index contributed by atoms with van der Waals surface area (Å²) in [6.45, 7) is 5.42. The Morgan fingerprint density at radius 3 is 3.00 bits per heavy atom. The first kappa shape index (κ1) is 11.2. The van der Waals surface area contributed by atoms with Crippen molar-refractivity contribution in [1.82, 2.24) is 0 Å². The molecule has 0 aromatic heterocycles. The quantitative estimate of drug-likeness (QED) is 0.489. The van der Waals surface area contributed by atoms with Gasteiger partial charge in [0.25, 0.3) is 5.97 Å². The summed E-state index contributed by atoms with van der Waals surface area (Å²) >= 11 is 0. The molecule has 5 heteroatoms. The average Bonchev–Trinajstić information content (AvgIpc) is 2.58. The van der Waals surface area contributed by atoms with Crippen LogP contribution in [0.3, 0.4) is 0 Å². The highest BCUT2D eigenvalue weighted by Crippen LogP contribution is 2.23. The van der Waals surface area contributed by atoms with Gasteiger partial charge in [-0.3, -0.25) is 0 Å². The Balaban J connectivity index is 2.29. The van der Waals surface area contributed by atoms with E-state index in [9.17, 15) is 4.79 Å². The highest BCUT2D eigenvalue weighted by molar-refractivity contribution is 5.81. The summed E-state index contributed by atoms with van der Waals surface area (Å²) in [6.07, 6.45) is 0.814. The van der Waals surface area contributed by atoms with E-state index in [1.165, 1.54) is 7.11 Å². The molecule has 80 valence electrons. The third-order valence-electron chi connectivity index (χ3n) is 1.86. The lowest BCUT2D eigenvalue weighted by Gasteiger charge is -2.20. The maximum atomic E-state index is 10.7. The van der Waals surface area contributed by atoms with Gasteiger partial charge in [-0.25, -0.2) is 4.79 Å². The van der Waals surface area contributed by atoms with E-state index in [2.05, 4.69) is 6.58 Å². The Labute approximate surface area is 82.6 Å². The fourth-order valence-electron chi connectivity index (χ4n) is 1.04. The monoisotopic (exact) mass is 202 g/mol. The number of carbonyl (C=O) groups excluding carboxylic acids is 1. The maximum absolute atomic E-state index is 10.7. The van der Waals surface area contributed by atoms with E-state index >= 15 is 0 Å². The normalized spacial score (nSPS) is 31.4. The standard InChI is InChI=1S/C9H14O5/c1-4-8(10)12-5-7-6-13-9(2,11-3)14-7/h4,7H,1,5-6H2,2-3H3. The molecular formula is C9H14O5. The van der Waals surface area contributed by atoms with Crippen molar-refractivity contribution < 1.29 is 23.7 Å². The van der Waals surface area contributed by atoms with Crippen molar-refractivity contribution in [3.8, 4) is 0 Å². The minimum Gasteiger partial charge on any atom is -0.460 e. The number of rotatable bonds is 4. The highest BCUT2D eigenvalue weighted by Gasteiger charge is 2.37. The molecule has 1 rings (SSSR count). The van der Waals surface area contributed by atoms with Crippen LogP contribution in [0.1, 0.15) is 6.92 Å². The lowest BCUT2D eigenvalue weighted by atomic mass is 10.4. The summed E-state index contributed by atoms with van der Waals surface area (Å²) in [5, 5.41) is 0. The first-order valence-electron chi connectivity index (χ1n) is 4.26. The molecule has 0 saturated carbocycles. The molecule has 0 aromatic rings. The molecule has 2 unspecified atom stereocenters. The summed E-state index contributed by atoms with van der Waals surface area (Å²) in [7, 11) is 1.48. The van der Waals surface area contributed by atoms with Crippen LogP contribution in [-0.2, 0) is 23.7 Å². The molecule has 1 heterocycles. The van der Waals surface area contributed by atoms with E-state index in [-0.39, 0.29) is 12.7 Å². The lowest BCUT2D eigenvalue weighted by Crippen LogP contribution is -2.30. The number of hydrogen-bond acceptors (Lipinski definition) is 5. The number of carbonyl (C=O) groups is 1. The van der Waals surface area contributed by atoms with Crippen molar-refractivity contribution in [2.45, 2.75) is 19.0 Å². The third-order valence-corrected chi connectivity index (χ3v) is 1.86. The molecule has 0 N–H and O–H groups in total. The second-order valence-electron chi connectivity index (χ2n) is 2.95. The molecule has 0 aliphatic carbocycles. The Hall–Kier alpha value is -0.910. The van der Waals surface area contributed by atoms with Gasteiger partial charge in [0.2, 0.25) is 0 Å². The minimum atomic E-state index is -1.02. The van der Waals surface area contributed by atoms with E-state index in [0.717, 1.165) is 6.08 Å². The minimum absolute atomic E-state index is 0.143. The zero-order chi connectivity index (χ0) is 10.6. The van der Waals surface area contributed by atoms with Crippen molar-refractivity contribution >= 4 is 5.97 Å². The molecule has 1 saturated heterocycles. The van der Waals surface area contributed by atoms with Gasteiger partial charge in [-0.05, 0) is 0 Å². The van der Waals surface area contributed by atoms with Gasteiger partial charge in [0, 0.05) is 20.1 Å². The van der Waals surface area contributed by atoms with Gasteiger partial charge in [0.05, 0.1) is 6.61 Å². The van der Waals surface area contributed by atoms with Gasteiger partial charge >= 0.3 is 5.97 Å². The maximum Gasteiger partial charge on any atom is 0.330 e. The van der Waals surface area contributed by atoms with Crippen LogP contribution in [0, 0.1) is 0 Å². The SMILES string of the molecule is C=CC(=O)OCC1COC(C)(OC)O1. The molecule has 0 aromatic carbocycles. The predicted octanol–water partition coefficient (Wildman–Crippen LogP) is 0.451. The lowest BCUT2D eigenvalue weighted by molar-refractivity contribution is -0.314. The number of hydrogen-bond donors (Lipinski definition) is 0. The zero-order valence-corrected chi connectivity index (χ0v) is 8.32. The van der Waals surface area contributed by atoms with Crippen LogP contribution in [0.5, 0.6) is 0 Å². The van der Waals surface area contributed by atoms with Crippen LogP contribution >= 0.6 is 0 Å². The fraction of sp³-hybridized carbons (Fsp3) is 0.667.